The van der Waals surface area contributed by atoms with Gasteiger partial charge in [0.05, 0.1) is 25.6 Å². The largest absolute Gasteiger partial charge is 0.469 e. The number of rotatable bonds is 3. The molecule has 2 saturated heterocycles. The smallest absolute Gasteiger partial charge is 0.310 e. The Balaban J connectivity index is 1.85. The van der Waals surface area contributed by atoms with Crippen LogP contribution < -0.4 is 0 Å². The van der Waals surface area contributed by atoms with Crippen LogP contribution in [0.2, 0.25) is 0 Å². The molecule has 0 spiro atoms. The summed E-state index contributed by atoms with van der Waals surface area (Å²) in [5.41, 5.74) is 0. The monoisotopic (exact) mass is 269 g/mol. The predicted molar refractivity (Wildman–Crippen MR) is 69.5 cm³/mol. The molecule has 0 bridgehead atoms. The molecule has 2 fully saturated rings. The first kappa shape index (κ1) is 14.3. The van der Waals surface area contributed by atoms with Gasteiger partial charge in [-0.15, -0.1) is 0 Å². The number of methoxy groups -OCH3 is 1. The lowest BCUT2D eigenvalue weighted by molar-refractivity contribution is -0.146. The molecule has 3 unspecified atom stereocenters. The van der Waals surface area contributed by atoms with Crippen molar-refractivity contribution in [1.29, 1.82) is 0 Å². The zero-order valence-corrected chi connectivity index (χ0v) is 11.8. The summed E-state index contributed by atoms with van der Waals surface area (Å²) >= 11 is 0. The lowest BCUT2D eigenvalue weighted by atomic mass is 9.99. The summed E-state index contributed by atoms with van der Waals surface area (Å²) in [5.74, 6) is -0.119. The fourth-order valence-electron chi connectivity index (χ4n) is 2.92. The van der Waals surface area contributed by atoms with Gasteiger partial charge in [-0.3, -0.25) is 9.59 Å². The van der Waals surface area contributed by atoms with Crippen LogP contribution in [0.15, 0.2) is 0 Å². The Labute approximate surface area is 114 Å². The molecule has 1 amide bonds. The highest BCUT2D eigenvalue weighted by molar-refractivity contribution is 5.79. The Morgan fingerprint density at radius 1 is 1.32 bits per heavy atom. The van der Waals surface area contributed by atoms with E-state index in [1.807, 2.05) is 6.92 Å². The summed E-state index contributed by atoms with van der Waals surface area (Å²) in [4.78, 5) is 25.6. The summed E-state index contributed by atoms with van der Waals surface area (Å²) in [6.45, 7) is 3.88. The molecule has 5 heteroatoms. The Bertz CT molecular complexity index is 338. The van der Waals surface area contributed by atoms with Crippen molar-refractivity contribution in [3.05, 3.63) is 0 Å². The van der Waals surface area contributed by atoms with Gasteiger partial charge in [-0.25, -0.2) is 0 Å². The molecule has 2 aliphatic heterocycles. The molecule has 3 atom stereocenters. The van der Waals surface area contributed by atoms with E-state index in [4.69, 9.17) is 9.47 Å². The lowest BCUT2D eigenvalue weighted by Gasteiger charge is -2.24. The summed E-state index contributed by atoms with van der Waals surface area (Å²) in [5, 5.41) is 0. The normalized spacial score (nSPS) is 31.3. The van der Waals surface area contributed by atoms with Crippen molar-refractivity contribution in [3.8, 4) is 0 Å². The van der Waals surface area contributed by atoms with Gasteiger partial charge in [0.2, 0.25) is 5.91 Å². The van der Waals surface area contributed by atoms with E-state index in [1.165, 1.54) is 7.11 Å². The first-order valence-corrected chi connectivity index (χ1v) is 7.09. The molecule has 0 aromatic carbocycles. The van der Waals surface area contributed by atoms with Crippen molar-refractivity contribution >= 4 is 11.9 Å². The van der Waals surface area contributed by atoms with Crippen LogP contribution in [0.1, 0.15) is 32.6 Å². The number of carbonyl (C=O) groups excluding carboxylic acids is 2. The molecule has 2 aliphatic rings. The van der Waals surface area contributed by atoms with E-state index >= 15 is 0 Å². The zero-order valence-electron chi connectivity index (χ0n) is 11.8. The van der Waals surface area contributed by atoms with Gasteiger partial charge >= 0.3 is 5.97 Å². The van der Waals surface area contributed by atoms with Crippen LogP contribution in [0.25, 0.3) is 0 Å². The minimum absolute atomic E-state index is 0.0636. The van der Waals surface area contributed by atoms with Crippen molar-refractivity contribution in [3.63, 3.8) is 0 Å². The van der Waals surface area contributed by atoms with Crippen LogP contribution in [0.3, 0.4) is 0 Å². The maximum absolute atomic E-state index is 12.2. The molecule has 19 heavy (non-hydrogen) atoms. The molecule has 108 valence electrons. The molecule has 0 aromatic rings. The predicted octanol–water partition coefficient (Wildman–Crippen LogP) is 1.21. The highest BCUT2D eigenvalue weighted by Gasteiger charge is 2.38. The average Bonchev–Trinajstić information content (AvgIpc) is 2.81. The van der Waals surface area contributed by atoms with Gasteiger partial charge in [0, 0.05) is 19.7 Å². The molecule has 0 saturated carbocycles. The van der Waals surface area contributed by atoms with Crippen LogP contribution in [-0.2, 0) is 19.1 Å². The minimum Gasteiger partial charge on any atom is -0.469 e. The Morgan fingerprint density at radius 2 is 2.11 bits per heavy atom. The summed E-state index contributed by atoms with van der Waals surface area (Å²) < 4.78 is 10.4. The van der Waals surface area contributed by atoms with E-state index in [-0.39, 0.29) is 29.8 Å². The highest BCUT2D eigenvalue weighted by atomic mass is 16.5. The highest BCUT2D eigenvalue weighted by Crippen LogP contribution is 2.26. The van der Waals surface area contributed by atoms with E-state index < -0.39 is 0 Å². The quantitative estimate of drug-likeness (QED) is 0.723. The Morgan fingerprint density at radius 3 is 2.74 bits per heavy atom. The second kappa shape index (κ2) is 6.37. The molecular formula is C14H23NO4. The van der Waals surface area contributed by atoms with Crippen LogP contribution in [0.4, 0.5) is 0 Å². The number of hydrogen-bond donors (Lipinski definition) is 0. The van der Waals surface area contributed by atoms with E-state index in [0.29, 0.717) is 19.5 Å². The maximum Gasteiger partial charge on any atom is 0.310 e. The number of carbonyl (C=O) groups is 2. The van der Waals surface area contributed by atoms with Gasteiger partial charge in [0.25, 0.3) is 0 Å². The fourth-order valence-corrected chi connectivity index (χ4v) is 2.92. The number of likely N-dealkylation sites (tertiary alicyclic amines) is 1. The van der Waals surface area contributed by atoms with Gasteiger partial charge in [0.1, 0.15) is 0 Å². The molecule has 2 heterocycles. The second-order valence-corrected chi connectivity index (χ2v) is 5.60. The number of ether oxygens (including phenoxy) is 2. The summed E-state index contributed by atoms with van der Waals surface area (Å²) in [7, 11) is 1.40. The molecule has 0 aliphatic carbocycles. The van der Waals surface area contributed by atoms with Crippen molar-refractivity contribution in [2.24, 2.45) is 11.8 Å². The number of nitrogens with zero attached hydrogens (tertiary/aromatic N) is 1. The van der Waals surface area contributed by atoms with E-state index in [9.17, 15) is 9.59 Å². The van der Waals surface area contributed by atoms with Crippen molar-refractivity contribution in [2.75, 3.05) is 26.8 Å². The number of esters is 1. The van der Waals surface area contributed by atoms with Crippen LogP contribution in [0.5, 0.6) is 0 Å². The molecule has 5 nitrogen and oxygen atoms in total. The Kier molecular flexibility index (Phi) is 4.80. The van der Waals surface area contributed by atoms with Crippen molar-refractivity contribution < 1.29 is 19.1 Å². The summed E-state index contributed by atoms with van der Waals surface area (Å²) in [6.07, 6.45) is 3.71. The zero-order chi connectivity index (χ0) is 13.8. The van der Waals surface area contributed by atoms with Gasteiger partial charge < -0.3 is 14.4 Å². The van der Waals surface area contributed by atoms with Crippen LogP contribution >= 0.6 is 0 Å². The number of hydrogen-bond acceptors (Lipinski definition) is 4. The average molecular weight is 269 g/mol. The standard InChI is InChI=1S/C14H23NO4/c1-10-8-15(9-12(10)14(17)18-2)13(16)7-11-5-3-4-6-19-11/h10-12H,3-9H2,1-2H3. The third kappa shape index (κ3) is 3.47. The molecule has 2 rings (SSSR count). The summed E-state index contributed by atoms with van der Waals surface area (Å²) in [6, 6.07) is 0. The van der Waals surface area contributed by atoms with E-state index in [2.05, 4.69) is 0 Å². The first-order valence-electron chi connectivity index (χ1n) is 7.09. The lowest BCUT2D eigenvalue weighted by Crippen LogP contribution is -2.34. The molecular weight excluding hydrogens is 246 g/mol. The first-order chi connectivity index (χ1) is 9.11. The van der Waals surface area contributed by atoms with E-state index in [1.54, 1.807) is 4.90 Å². The van der Waals surface area contributed by atoms with Crippen LogP contribution in [0, 0.1) is 11.8 Å². The van der Waals surface area contributed by atoms with Gasteiger partial charge in [-0.05, 0) is 25.2 Å². The molecule has 0 radical (unpaired) electrons. The maximum atomic E-state index is 12.2. The SMILES string of the molecule is COC(=O)C1CN(C(=O)CC2CCCCO2)CC1C. The fraction of sp³-hybridized carbons (Fsp3) is 0.857. The van der Waals surface area contributed by atoms with Crippen molar-refractivity contribution in [2.45, 2.75) is 38.7 Å². The topological polar surface area (TPSA) is 55.8 Å². The number of amides is 1. The molecule has 0 N–H and O–H groups in total. The van der Waals surface area contributed by atoms with Gasteiger partial charge in [-0.1, -0.05) is 6.92 Å². The second-order valence-electron chi connectivity index (χ2n) is 5.60. The van der Waals surface area contributed by atoms with Crippen LogP contribution in [-0.4, -0.2) is 49.7 Å². The third-order valence-electron chi connectivity index (χ3n) is 4.15. The van der Waals surface area contributed by atoms with Gasteiger partial charge in [0.15, 0.2) is 0 Å². The molecule has 0 aromatic heterocycles. The van der Waals surface area contributed by atoms with Gasteiger partial charge in [-0.2, -0.15) is 0 Å². The third-order valence-corrected chi connectivity index (χ3v) is 4.15. The van der Waals surface area contributed by atoms with Crippen molar-refractivity contribution in [1.82, 2.24) is 4.90 Å². The minimum atomic E-state index is -0.211. The Hall–Kier alpha value is -1.10. The van der Waals surface area contributed by atoms with E-state index in [0.717, 1.165) is 25.9 Å².